The van der Waals surface area contributed by atoms with Gasteiger partial charge in [0.05, 0.1) is 38.4 Å². The van der Waals surface area contributed by atoms with Gasteiger partial charge in [0.1, 0.15) is 6.61 Å². The molecular weight excluding hydrogens is 398 g/mol. The van der Waals surface area contributed by atoms with Crippen LogP contribution >= 0.6 is 0 Å². The molecule has 31 heavy (non-hydrogen) atoms. The summed E-state index contributed by atoms with van der Waals surface area (Å²) in [6.07, 6.45) is 3.27. The first kappa shape index (κ1) is 22.0. The predicted octanol–water partition coefficient (Wildman–Crippen LogP) is 3.42. The fourth-order valence-electron chi connectivity index (χ4n) is 3.45. The Balaban J connectivity index is 2.02. The van der Waals surface area contributed by atoms with Crippen LogP contribution in [0.15, 0.2) is 72.1 Å². The molecule has 162 valence electrons. The molecule has 0 bridgehead atoms. The fourth-order valence-corrected chi connectivity index (χ4v) is 3.45. The van der Waals surface area contributed by atoms with Gasteiger partial charge in [-0.15, -0.1) is 0 Å². The number of nitrogens with zero attached hydrogens (tertiary/aromatic N) is 1. The van der Waals surface area contributed by atoms with Crippen LogP contribution in [0.1, 0.15) is 17.0 Å². The first-order valence-electron chi connectivity index (χ1n) is 9.65. The zero-order valence-electron chi connectivity index (χ0n) is 18.0. The Kier molecular flexibility index (Phi) is 6.97. The minimum atomic E-state index is -0.680. The van der Waals surface area contributed by atoms with Crippen LogP contribution in [0.3, 0.4) is 0 Å². The third kappa shape index (κ3) is 4.88. The molecule has 2 aromatic carbocycles. The van der Waals surface area contributed by atoms with Gasteiger partial charge < -0.3 is 23.8 Å². The van der Waals surface area contributed by atoms with Crippen LogP contribution in [0.25, 0.3) is 0 Å². The van der Waals surface area contributed by atoms with Crippen molar-refractivity contribution in [1.29, 1.82) is 0 Å². The van der Waals surface area contributed by atoms with Gasteiger partial charge in [-0.25, -0.2) is 9.59 Å². The third-order valence-electron chi connectivity index (χ3n) is 4.91. The van der Waals surface area contributed by atoms with Crippen LogP contribution in [0, 0.1) is 0 Å². The molecule has 0 fully saturated rings. The van der Waals surface area contributed by atoms with E-state index in [1.165, 1.54) is 14.2 Å². The Labute approximate surface area is 181 Å². The molecule has 1 heterocycles. The molecule has 1 aliphatic rings. The topological polar surface area (TPSA) is 74.3 Å². The van der Waals surface area contributed by atoms with Crippen molar-refractivity contribution < 1.29 is 28.5 Å². The molecule has 0 N–H and O–H groups in total. The summed E-state index contributed by atoms with van der Waals surface area (Å²) in [6, 6.07) is 15.0. The monoisotopic (exact) mass is 423 g/mol. The number of benzene rings is 2. The number of esters is 2. The molecule has 0 radical (unpaired) electrons. The highest BCUT2D eigenvalue weighted by Crippen LogP contribution is 2.40. The van der Waals surface area contributed by atoms with Crippen molar-refractivity contribution in [2.75, 3.05) is 28.4 Å². The smallest absolute Gasteiger partial charge is 0.336 e. The lowest BCUT2D eigenvalue weighted by molar-refractivity contribution is -0.137. The molecule has 0 saturated carbocycles. The van der Waals surface area contributed by atoms with E-state index in [-0.39, 0.29) is 0 Å². The van der Waals surface area contributed by atoms with Gasteiger partial charge in [-0.1, -0.05) is 36.4 Å². The molecule has 2 aromatic rings. The van der Waals surface area contributed by atoms with Gasteiger partial charge in [0.25, 0.3) is 0 Å². The second-order valence-electron chi connectivity index (χ2n) is 6.94. The number of hydrogen-bond donors (Lipinski definition) is 0. The Bertz CT molecular complexity index is 978. The molecule has 7 nitrogen and oxygen atoms in total. The van der Waals surface area contributed by atoms with Crippen LogP contribution < -0.4 is 9.47 Å². The zero-order valence-corrected chi connectivity index (χ0v) is 18.0. The highest BCUT2D eigenvalue weighted by Gasteiger charge is 2.35. The van der Waals surface area contributed by atoms with Crippen LogP contribution in [0.5, 0.6) is 11.5 Å². The molecule has 0 aromatic heterocycles. The maximum absolute atomic E-state index is 12.5. The first-order chi connectivity index (χ1) is 15.0. The third-order valence-corrected chi connectivity index (χ3v) is 4.91. The molecular formula is C24H25NO6. The summed E-state index contributed by atoms with van der Waals surface area (Å²) < 4.78 is 21.4. The van der Waals surface area contributed by atoms with E-state index < -0.39 is 17.9 Å². The summed E-state index contributed by atoms with van der Waals surface area (Å²) in [5.74, 6) is -0.708. The van der Waals surface area contributed by atoms with Crippen molar-refractivity contribution >= 4 is 11.9 Å². The fraction of sp³-hybridized carbons (Fsp3) is 0.250. The van der Waals surface area contributed by atoms with Crippen LogP contribution in [0.4, 0.5) is 0 Å². The van der Waals surface area contributed by atoms with E-state index in [0.29, 0.717) is 34.8 Å². The van der Waals surface area contributed by atoms with E-state index in [4.69, 9.17) is 18.9 Å². The Hall–Kier alpha value is -3.74. The maximum Gasteiger partial charge on any atom is 0.336 e. The average Bonchev–Trinajstić information content (AvgIpc) is 2.81. The number of hydrogen-bond acceptors (Lipinski definition) is 7. The lowest BCUT2D eigenvalue weighted by atomic mass is 9.83. The van der Waals surface area contributed by atoms with Crippen molar-refractivity contribution in [3.63, 3.8) is 0 Å². The van der Waals surface area contributed by atoms with Gasteiger partial charge in [-0.05, 0) is 23.3 Å². The van der Waals surface area contributed by atoms with Gasteiger partial charge >= 0.3 is 11.9 Å². The lowest BCUT2D eigenvalue weighted by Gasteiger charge is -2.28. The minimum Gasteiger partial charge on any atom is -0.493 e. The van der Waals surface area contributed by atoms with Crippen molar-refractivity contribution in [2.24, 2.45) is 0 Å². The van der Waals surface area contributed by atoms with Gasteiger partial charge in [0.2, 0.25) is 0 Å². The zero-order chi connectivity index (χ0) is 22.4. The maximum atomic E-state index is 12.5. The summed E-state index contributed by atoms with van der Waals surface area (Å²) in [5.41, 5.74) is 2.30. The van der Waals surface area contributed by atoms with Crippen molar-refractivity contribution in [1.82, 2.24) is 4.90 Å². The van der Waals surface area contributed by atoms with E-state index in [1.54, 1.807) is 49.7 Å². The largest absolute Gasteiger partial charge is 0.493 e. The molecule has 0 atom stereocenters. The number of ether oxygens (including phenoxy) is 4. The standard InChI is InChI=1S/C24H25NO6/c1-25-13-18(23(26)29-3)22(19(14-25)24(27)30-4)17-10-11-20(28-2)21(12-17)31-15-16-8-6-5-7-9-16/h5-14,22H,15H2,1-4H3. The number of carbonyl (C=O) groups is 2. The molecule has 7 heteroatoms. The number of carbonyl (C=O) groups excluding carboxylic acids is 2. The summed E-state index contributed by atoms with van der Waals surface area (Å²) >= 11 is 0. The average molecular weight is 423 g/mol. The van der Waals surface area contributed by atoms with Gasteiger partial charge in [-0.2, -0.15) is 0 Å². The van der Waals surface area contributed by atoms with Crippen molar-refractivity contribution in [3.05, 3.63) is 83.2 Å². The highest BCUT2D eigenvalue weighted by molar-refractivity contribution is 5.98. The lowest BCUT2D eigenvalue weighted by Crippen LogP contribution is -2.27. The second-order valence-corrected chi connectivity index (χ2v) is 6.94. The van der Waals surface area contributed by atoms with E-state index in [9.17, 15) is 9.59 Å². The minimum absolute atomic E-state index is 0.312. The predicted molar refractivity (Wildman–Crippen MR) is 114 cm³/mol. The summed E-state index contributed by atoms with van der Waals surface area (Å²) in [7, 11) is 5.89. The first-order valence-corrected chi connectivity index (χ1v) is 9.65. The van der Waals surface area contributed by atoms with Gasteiger partial charge in [-0.3, -0.25) is 0 Å². The summed E-state index contributed by atoms with van der Waals surface area (Å²) in [5, 5.41) is 0. The Morgan fingerprint density at radius 2 is 1.48 bits per heavy atom. The molecule has 0 unspecified atom stereocenters. The quantitative estimate of drug-likeness (QED) is 0.632. The Morgan fingerprint density at radius 1 is 0.871 bits per heavy atom. The van der Waals surface area contributed by atoms with Crippen LogP contribution in [-0.2, 0) is 25.7 Å². The number of rotatable bonds is 7. The van der Waals surface area contributed by atoms with Crippen LogP contribution in [-0.4, -0.2) is 45.2 Å². The van der Waals surface area contributed by atoms with E-state index in [0.717, 1.165) is 5.56 Å². The SMILES string of the molecule is COC(=O)C1=CN(C)C=C(C(=O)OC)C1c1ccc(OC)c(OCc2ccccc2)c1. The summed E-state index contributed by atoms with van der Waals surface area (Å²) in [4.78, 5) is 26.7. The summed E-state index contributed by atoms with van der Waals surface area (Å²) in [6.45, 7) is 0.341. The van der Waals surface area contributed by atoms with E-state index >= 15 is 0 Å². The molecule has 0 saturated heterocycles. The molecule has 3 rings (SSSR count). The van der Waals surface area contributed by atoms with Crippen molar-refractivity contribution in [2.45, 2.75) is 12.5 Å². The van der Waals surface area contributed by atoms with E-state index in [2.05, 4.69) is 0 Å². The van der Waals surface area contributed by atoms with Crippen LogP contribution in [0.2, 0.25) is 0 Å². The number of methoxy groups -OCH3 is 3. The molecule has 0 amide bonds. The normalized spacial score (nSPS) is 13.7. The Morgan fingerprint density at radius 3 is 2.03 bits per heavy atom. The molecule has 0 aliphatic carbocycles. The molecule has 1 aliphatic heterocycles. The highest BCUT2D eigenvalue weighted by atomic mass is 16.5. The molecule has 0 spiro atoms. The van der Waals surface area contributed by atoms with Crippen molar-refractivity contribution in [3.8, 4) is 11.5 Å². The van der Waals surface area contributed by atoms with Gasteiger partial charge in [0, 0.05) is 19.4 Å². The van der Waals surface area contributed by atoms with Gasteiger partial charge in [0.15, 0.2) is 11.5 Å². The second kappa shape index (κ2) is 9.84. The van der Waals surface area contributed by atoms with E-state index in [1.807, 2.05) is 30.3 Å².